The highest BCUT2D eigenvalue weighted by Gasteiger charge is 2.14. The van der Waals surface area contributed by atoms with Crippen LogP contribution in [0.3, 0.4) is 0 Å². The Morgan fingerprint density at radius 3 is 2.70 bits per heavy atom. The molecule has 0 amide bonds. The summed E-state index contributed by atoms with van der Waals surface area (Å²) in [5, 5.41) is 4.02. The predicted octanol–water partition coefficient (Wildman–Crippen LogP) is 4.35. The number of anilines is 1. The Morgan fingerprint density at radius 1 is 1.10 bits per heavy atom. The van der Waals surface area contributed by atoms with Crippen LogP contribution in [-0.2, 0) is 0 Å². The predicted molar refractivity (Wildman–Crippen MR) is 90.0 cm³/mol. The Hall–Kier alpha value is -1.41. The zero-order chi connectivity index (χ0) is 14.1. The molecule has 0 saturated heterocycles. The fraction of sp³-hybridized carbons (Fsp3) is 0. The second kappa shape index (κ2) is 5.53. The number of nitrogens with zero attached hydrogens (tertiary/aromatic N) is 2. The first-order valence-corrected chi connectivity index (χ1v) is 7.66. The highest BCUT2D eigenvalue weighted by molar-refractivity contribution is 14.1. The maximum Gasteiger partial charge on any atom is 0.260 e. The van der Waals surface area contributed by atoms with Gasteiger partial charge in [0, 0.05) is 19.3 Å². The highest BCUT2D eigenvalue weighted by atomic mass is 127. The summed E-state index contributed by atoms with van der Waals surface area (Å²) in [7, 11) is 0. The summed E-state index contributed by atoms with van der Waals surface area (Å²) in [6, 6.07) is 13.4. The molecule has 2 aromatic carbocycles. The van der Waals surface area contributed by atoms with E-state index < -0.39 is 0 Å². The molecule has 3 rings (SSSR count). The van der Waals surface area contributed by atoms with Gasteiger partial charge in [-0.2, -0.15) is 4.98 Å². The monoisotopic (exact) mass is 441 g/mol. The minimum absolute atomic E-state index is 0.423. The molecule has 0 spiro atoms. The Kier molecular flexibility index (Phi) is 3.75. The molecule has 6 heteroatoms. The van der Waals surface area contributed by atoms with Crippen molar-refractivity contribution in [3.8, 4) is 22.8 Å². The van der Waals surface area contributed by atoms with Crippen molar-refractivity contribution in [2.75, 3.05) is 5.73 Å². The van der Waals surface area contributed by atoms with Crippen molar-refractivity contribution in [2.24, 2.45) is 0 Å². The van der Waals surface area contributed by atoms with Crippen molar-refractivity contribution >= 4 is 44.2 Å². The summed E-state index contributed by atoms with van der Waals surface area (Å²) in [6.07, 6.45) is 0. The molecule has 1 heterocycles. The lowest BCUT2D eigenvalue weighted by atomic mass is 10.2. The van der Waals surface area contributed by atoms with Crippen LogP contribution in [0.25, 0.3) is 22.8 Å². The SMILES string of the molecule is Nc1ccc(I)cc1-c1nc(-c2ccccc2Br)no1. The van der Waals surface area contributed by atoms with Crippen LogP contribution >= 0.6 is 38.5 Å². The zero-order valence-corrected chi connectivity index (χ0v) is 13.9. The molecule has 0 atom stereocenters. The third kappa shape index (κ3) is 2.57. The van der Waals surface area contributed by atoms with E-state index in [4.69, 9.17) is 10.3 Å². The second-order valence-electron chi connectivity index (χ2n) is 4.13. The first-order chi connectivity index (χ1) is 9.65. The van der Waals surface area contributed by atoms with Gasteiger partial charge in [0.05, 0.1) is 5.56 Å². The van der Waals surface area contributed by atoms with Gasteiger partial charge in [-0.3, -0.25) is 0 Å². The first-order valence-electron chi connectivity index (χ1n) is 5.79. The molecule has 2 N–H and O–H groups in total. The summed E-state index contributed by atoms with van der Waals surface area (Å²) in [6.45, 7) is 0. The van der Waals surface area contributed by atoms with Crippen LogP contribution in [0.1, 0.15) is 0 Å². The van der Waals surface area contributed by atoms with Crippen molar-refractivity contribution in [3.63, 3.8) is 0 Å². The summed E-state index contributed by atoms with van der Waals surface area (Å²) >= 11 is 5.70. The molecule has 0 aliphatic rings. The van der Waals surface area contributed by atoms with E-state index in [2.05, 4.69) is 48.7 Å². The first kappa shape index (κ1) is 13.6. The molecule has 1 aromatic heterocycles. The van der Waals surface area contributed by atoms with Gasteiger partial charge >= 0.3 is 0 Å². The van der Waals surface area contributed by atoms with Gasteiger partial charge in [-0.15, -0.1) is 0 Å². The molecule has 0 fully saturated rings. The van der Waals surface area contributed by atoms with Crippen LogP contribution < -0.4 is 5.73 Å². The molecule has 0 aliphatic carbocycles. The minimum Gasteiger partial charge on any atom is -0.398 e. The number of rotatable bonds is 2. The molecule has 3 aromatic rings. The van der Waals surface area contributed by atoms with Crippen molar-refractivity contribution in [2.45, 2.75) is 0 Å². The van der Waals surface area contributed by atoms with Crippen molar-refractivity contribution in [1.29, 1.82) is 0 Å². The zero-order valence-electron chi connectivity index (χ0n) is 10.2. The Morgan fingerprint density at radius 2 is 1.90 bits per heavy atom. The smallest absolute Gasteiger partial charge is 0.260 e. The van der Waals surface area contributed by atoms with Crippen molar-refractivity contribution in [1.82, 2.24) is 10.1 Å². The lowest BCUT2D eigenvalue weighted by Crippen LogP contribution is -1.91. The van der Waals surface area contributed by atoms with Crippen LogP contribution in [0.5, 0.6) is 0 Å². The van der Waals surface area contributed by atoms with Gasteiger partial charge < -0.3 is 10.3 Å². The van der Waals surface area contributed by atoms with Gasteiger partial charge in [0.25, 0.3) is 5.89 Å². The summed E-state index contributed by atoms with van der Waals surface area (Å²) in [5.74, 6) is 0.956. The van der Waals surface area contributed by atoms with Crippen LogP contribution in [0.2, 0.25) is 0 Å². The summed E-state index contributed by atoms with van der Waals surface area (Å²) in [4.78, 5) is 4.42. The number of hydrogen-bond donors (Lipinski definition) is 1. The van der Waals surface area contributed by atoms with Crippen LogP contribution in [0.4, 0.5) is 5.69 Å². The van der Waals surface area contributed by atoms with Gasteiger partial charge in [0.2, 0.25) is 5.82 Å². The quantitative estimate of drug-likeness (QED) is 0.474. The number of benzene rings is 2. The maximum atomic E-state index is 5.96. The normalized spacial score (nSPS) is 10.7. The maximum absolute atomic E-state index is 5.96. The lowest BCUT2D eigenvalue weighted by Gasteiger charge is -2.00. The molecular weight excluding hydrogens is 433 g/mol. The van der Waals surface area contributed by atoms with E-state index in [1.807, 2.05) is 42.5 Å². The van der Waals surface area contributed by atoms with Crippen LogP contribution in [-0.4, -0.2) is 10.1 Å². The van der Waals surface area contributed by atoms with Gasteiger partial charge in [-0.1, -0.05) is 33.2 Å². The van der Waals surface area contributed by atoms with E-state index in [-0.39, 0.29) is 0 Å². The van der Waals surface area contributed by atoms with Gasteiger partial charge in [-0.25, -0.2) is 0 Å². The average Bonchev–Trinajstić information content (AvgIpc) is 2.91. The van der Waals surface area contributed by atoms with Crippen LogP contribution in [0.15, 0.2) is 51.5 Å². The van der Waals surface area contributed by atoms with E-state index >= 15 is 0 Å². The fourth-order valence-electron chi connectivity index (χ4n) is 1.80. The van der Waals surface area contributed by atoms with Crippen molar-refractivity contribution < 1.29 is 4.52 Å². The molecule has 0 bridgehead atoms. The standard InChI is InChI=1S/C14H9BrIN3O/c15-11-4-2-1-3-9(11)13-18-14(20-19-13)10-7-8(16)5-6-12(10)17/h1-7H,17H2. The lowest BCUT2D eigenvalue weighted by molar-refractivity contribution is 0.432. The number of aromatic nitrogens is 2. The second-order valence-corrected chi connectivity index (χ2v) is 6.23. The van der Waals surface area contributed by atoms with E-state index in [1.165, 1.54) is 0 Å². The molecule has 0 radical (unpaired) electrons. The average molecular weight is 442 g/mol. The Labute approximate surface area is 137 Å². The molecule has 4 nitrogen and oxygen atoms in total. The molecule has 100 valence electrons. The molecule has 20 heavy (non-hydrogen) atoms. The van der Waals surface area contributed by atoms with Gasteiger partial charge in [0.15, 0.2) is 0 Å². The van der Waals surface area contributed by atoms with Gasteiger partial charge in [0.1, 0.15) is 0 Å². The topological polar surface area (TPSA) is 64.9 Å². The van der Waals surface area contributed by atoms with E-state index in [0.717, 1.165) is 19.2 Å². The number of nitrogen functional groups attached to an aromatic ring is 1. The van der Waals surface area contributed by atoms with E-state index in [1.54, 1.807) is 0 Å². The van der Waals surface area contributed by atoms with E-state index in [9.17, 15) is 0 Å². The summed E-state index contributed by atoms with van der Waals surface area (Å²) in [5.41, 5.74) is 8.21. The molecule has 0 unspecified atom stereocenters. The molecule has 0 aliphatic heterocycles. The minimum atomic E-state index is 0.423. The summed E-state index contributed by atoms with van der Waals surface area (Å²) < 4.78 is 7.31. The third-order valence-electron chi connectivity index (χ3n) is 2.79. The highest BCUT2D eigenvalue weighted by Crippen LogP contribution is 2.30. The molecule has 0 saturated carbocycles. The third-order valence-corrected chi connectivity index (χ3v) is 4.15. The number of hydrogen-bond acceptors (Lipinski definition) is 4. The van der Waals surface area contributed by atoms with Gasteiger partial charge in [-0.05, 0) is 52.9 Å². The van der Waals surface area contributed by atoms with Crippen molar-refractivity contribution in [3.05, 3.63) is 50.5 Å². The largest absolute Gasteiger partial charge is 0.398 e. The Balaban J connectivity index is 2.07. The fourth-order valence-corrected chi connectivity index (χ4v) is 2.75. The number of nitrogens with two attached hydrogens (primary N) is 1. The Bertz CT molecular complexity index is 773. The van der Waals surface area contributed by atoms with Crippen LogP contribution in [0, 0.1) is 3.57 Å². The van der Waals surface area contributed by atoms with E-state index in [0.29, 0.717) is 17.4 Å². The number of halogens is 2. The molecular formula is C14H9BrIN3O.